The Morgan fingerprint density at radius 3 is 2.78 bits per heavy atom. The number of nitrogens with zero attached hydrogens (tertiary/aromatic N) is 3. The molecule has 1 N–H and O–H groups in total. The Morgan fingerprint density at radius 1 is 1.26 bits per heavy atom. The summed E-state index contributed by atoms with van der Waals surface area (Å²) in [6, 6.07) is 5.51. The smallest absolute Gasteiger partial charge is 0.249 e. The first-order valence-electron chi connectivity index (χ1n) is 9.28. The van der Waals surface area contributed by atoms with Crippen LogP contribution >= 0.6 is 11.3 Å². The lowest BCUT2D eigenvalue weighted by molar-refractivity contribution is -0.136. The number of likely N-dealkylation sites (tertiary alicyclic amines) is 1. The van der Waals surface area contributed by atoms with Crippen LogP contribution in [0.2, 0.25) is 0 Å². The maximum atomic E-state index is 13.0. The van der Waals surface area contributed by atoms with Crippen LogP contribution in [0.15, 0.2) is 24.3 Å². The van der Waals surface area contributed by atoms with Gasteiger partial charge in [0.1, 0.15) is 16.9 Å². The first kappa shape index (κ1) is 19.4. The highest BCUT2D eigenvalue weighted by Crippen LogP contribution is 2.27. The molecule has 8 heteroatoms. The zero-order valence-corrected chi connectivity index (χ0v) is 16.1. The van der Waals surface area contributed by atoms with Crippen LogP contribution < -0.4 is 5.32 Å². The zero-order valence-electron chi connectivity index (χ0n) is 15.3. The number of hydrogen-bond donors (Lipinski definition) is 1. The molecule has 1 aromatic carbocycles. The summed E-state index contributed by atoms with van der Waals surface area (Å²) in [6.07, 6.45) is 4.92. The van der Waals surface area contributed by atoms with Crippen molar-refractivity contribution >= 4 is 28.3 Å². The third-order valence-corrected chi connectivity index (χ3v) is 5.50. The first-order valence-corrected chi connectivity index (χ1v) is 10.1. The number of aromatic nitrogens is 2. The van der Waals surface area contributed by atoms with Crippen molar-refractivity contribution in [2.45, 2.75) is 51.5 Å². The van der Waals surface area contributed by atoms with Gasteiger partial charge in [0, 0.05) is 18.5 Å². The summed E-state index contributed by atoms with van der Waals surface area (Å²) in [5.74, 6) is -0.495. The Hall–Kier alpha value is -2.35. The van der Waals surface area contributed by atoms with E-state index in [1.54, 1.807) is 17.0 Å². The van der Waals surface area contributed by atoms with Gasteiger partial charge in [0.25, 0.3) is 0 Å². The second-order valence-electron chi connectivity index (χ2n) is 6.61. The Morgan fingerprint density at radius 2 is 2.04 bits per heavy atom. The van der Waals surface area contributed by atoms with E-state index in [2.05, 4.69) is 22.4 Å². The molecule has 2 aromatic rings. The molecule has 1 atom stereocenters. The fraction of sp³-hybridized carbons (Fsp3) is 0.474. The molecule has 0 spiro atoms. The minimum Gasteiger partial charge on any atom is -0.331 e. The van der Waals surface area contributed by atoms with E-state index in [0.717, 1.165) is 31.2 Å². The van der Waals surface area contributed by atoms with Gasteiger partial charge in [-0.2, -0.15) is 0 Å². The number of carbonyl (C=O) groups excluding carboxylic acids is 2. The van der Waals surface area contributed by atoms with Crippen molar-refractivity contribution in [1.29, 1.82) is 0 Å². The van der Waals surface area contributed by atoms with Crippen LogP contribution in [0, 0.1) is 5.82 Å². The molecule has 0 aliphatic carbocycles. The average molecular weight is 390 g/mol. The topological polar surface area (TPSA) is 75.2 Å². The van der Waals surface area contributed by atoms with E-state index in [-0.39, 0.29) is 17.6 Å². The Labute approximate surface area is 161 Å². The molecule has 27 heavy (non-hydrogen) atoms. The van der Waals surface area contributed by atoms with Crippen LogP contribution in [0.3, 0.4) is 0 Å². The average Bonchev–Trinajstić information content (AvgIpc) is 3.32. The fourth-order valence-corrected chi connectivity index (χ4v) is 3.93. The normalized spacial score (nSPS) is 16.5. The summed E-state index contributed by atoms with van der Waals surface area (Å²) in [4.78, 5) is 26.7. The molecule has 6 nitrogen and oxygen atoms in total. The van der Waals surface area contributed by atoms with Gasteiger partial charge >= 0.3 is 0 Å². The van der Waals surface area contributed by atoms with Crippen molar-refractivity contribution in [3.63, 3.8) is 0 Å². The summed E-state index contributed by atoms with van der Waals surface area (Å²) < 4.78 is 13.0. The van der Waals surface area contributed by atoms with Gasteiger partial charge in [-0.05, 0) is 43.5 Å². The molecule has 144 valence electrons. The Kier molecular flexibility index (Phi) is 6.49. The predicted molar refractivity (Wildman–Crippen MR) is 103 cm³/mol. The van der Waals surface area contributed by atoms with E-state index < -0.39 is 6.04 Å². The molecular formula is C19H23FN4O2S. The third-order valence-electron chi connectivity index (χ3n) is 4.62. The van der Waals surface area contributed by atoms with E-state index in [1.807, 2.05) is 0 Å². The number of hydrogen-bond acceptors (Lipinski definition) is 5. The van der Waals surface area contributed by atoms with Crippen LogP contribution in [0.5, 0.6) is 0 Å². The van der Waals surface area contributed by atoms with E-state index in [9.17, 15) is 14.0 Å². The van der Waals surface area contributed by atoms with E-state index >= 15 is 0 Å². The highest BCUT2D eigenvalue weighted by Gasteiger charge is 2.34. The molecule has 1 saturated heterocycles. The number of carbonyl (C=O) groups is 2. The number of rotatable bonds is 7. The van der Waals surface area contributed by atoms with Gasteiger partial charge in [0.2, 0.25) is 16.9 Å². The maximum Gasteiger partial charge on any atom is 0.249 e. The van der Waals surface area contributed by atoms with Crippen molar-refractivity contribution < 1.29 is 14.0 Å². The number of benzene rings is 1. The van der Waals surface area contributed by atoms with Crippen molar-refractivity contribution in [2.24, 2.45) is 0 Å². The van der Waals surface area contributed by atoms with Gasteiger partial charge in [-0.25, -0.2) is 4.39 Å². The maximum absolute atomic E-state index is 13.0. The van der Waals surface area contributed by atoms with E-state index in [0.29, 0.717) is 29.5 Å². The monoisotopic (exact) mass is 390 g/mol. The predicted octanol–water partition coefficient (Wildman–Crippen LogP) is 3.85. The molecule has 0 bridgehead atoms. The molecule has 0 radical (unpaired) electrons. The highest BCUT2D eigenvalue weighted by molar-refractivity contribution is 7.18. The van der Waals surface area contributed by atoms with Gasteiger partial charge in [0.15, 0.2) is 0 Å². The zero-order chi connectivity index (χ0) is 19.2. The van der Waals surface area contributed by atoms with Crippen LogP contribution in [0.1, 0.15) is 45.4 Å². The van der Waals surface area contributed by atoms with E-state index in [1.165, 1.54) is 23.5 Å². The second kappa shape index (κ2) is 9.03. The lowest BCUT2D eigenvalue weighted by Crippen LogP contribution is -2.43. The number of unbranched alkanes of at least 4 members (excludes halogenated alkanes) is 2. The van der Waals surface area contributed by atoms with Gasteiger partial charge < -0.3 is 4.90 Å². The van der Waals surface area contributed by atoms with Crippen LogP contribution in [-0.4, -0.2) is 39.5 Å². The summed E-state index contributed by atoms with van der Waals surface area (Å²) in [6.45, 7) is 2.72. The Balaban J connectivity index is 1.61. The standard InChI is InChI=1S/C19H23FN4O2S/c1-2-3-4-7-16(25)24-12-5-6-15(24)17(26)21-19-23-22-18(27-19)13-8-10-14(20)11-9-13/h8-11,15H,2-7,12H2,1H3,(H,21,23,26)/t15-/m0/s1. The SMILES string of the molecule is CCCCCC(=O)N1CCC[C@H]1C(=O)Nc1nnc(-c2ccc(F)cc2)s1. The number of anilines is 1. The van der Waals surface area contributed by atoms with Gasteiger partial charge in [-0.3, -0.25) is 14.9 Å². The van der Waals surface area contributed by atoms with Gasteiger partial charge in [0.05, 0.1) is 0 Å². The second-order valence-corrected chi connectivity index (χ2v) is 7.59. The quantitative estimate of drug-likeness (QED) is 0.729. The molecule has 2 heterocycles. The minimum absolute atomic E-state index is 0.0466. The number of nitrogens with one attached hydrogen (secondary N) is 1. The fourth-order valence-electron chi connectivity index (χ4n) is 3.18. The molecule has 0 saturated carbocycles. The van der Waals surface area contributed by atoms with E-state index in [4.69, 9.17) is 0 Å². The van der Waals surface area contributed by atoms with Gasteiger partial charge in [-0.15, -0.1) is 10.2 Å². The third kappa shape index (κ3) is 4.88. The van der Waals surface area contributed by atoms with Gasteiger partial charge in [-0.1, -0.05) is 31.1 Å². The lowest BCUT2D eigenvalue weighted by Gasteiger charge is -2.23. The summed E-state index contributed by atoms with van der Waals surface area (Å²) in [5, 5.41) is 11.8. The Bertz CT molecular complexity index is 793. The number of amides is 2. The molecule has 1 aliphatic rings. The first-order chi connectivity index (χ1) is 13.1. The molecule has 1 aromatic heterocycles. The summed E-state index contributed by atoms with van der Waals surface area (Å²) in [5.41, 5.74) is 0.739. The molecule has 2 amide bonds. The molecule has 1 aliphatic heterocycles. The molecule has 0 unspecified atom stereocenters. The van der Waals surface area contributed by atoms with Crippen molar-refractivity contribution in [3.8, 4) is 10.6 Å². The molecule has 1 fully saturated rings. The molecule has 3 rings (SSSR count). The van der Waals surface area contributed by atoms with Crippen LogP contribution in [-0.2, 0) is 9.59 Å². The minimum atomic E-state index is -0.447. The molecular weight excluding hydrogens is 367 g/mol. The van der Waals surface area contributed by atoms with Crippen LogP contribution in [0.4, 0.5) is 9.52 Å². The summed E-state index contributed by atoms with van der Waals surface area (Å²) in [7, 11) is 0. The lowest BCUT2D eigenvalue weighted by atomic mass is 10.1. The highest BCUT2D eigenvalue weighted by atomic mass is 32.1. The summed E-state index contributed by atoms with van der Waals surface area (Å²) >= 11 is 1.23. The van der Waals surface area contributed by atoms with Crippen molar-refractivity contribution in [1.82, 2.24) is 15.1 Å². The van der Waals surface area contributed by atoms with Crippen molar-refractivity contribution in [2.75, 3.05) is 11.9 Å². The number of halogens is 1. The largest absolute Gasteiger partial charge is 0.331 e. The van der Waals surface area contributed by atoms with Crippen molar-refractivity contribution in [3.05, 3.63) is 30.1 Å². The van der Waals surface area contributed by atoms with Crippen LogP contribution in [0.25, 0.3) is 10.6 Å².